The quantitative estimate of drug-likeness (QED) is 0.651. The molecule has 0 heterocycles. The lowest BCUT2D eigenvalue weighted by atomic mass is 10.2. The Morgan fingerprint density at radius 3 is 2.70 bits per heavy atom. The molecule has 2 rings (SSSR count). The van der Waals surface area contributed by atoms with Crippen LogP contribution in [0.1, 0.15) is 5.56 Å². The van der Waals surface area contributed by atoms with Gasteiger partial charge in [-0.2, -0.15) is 5.26 Å². The summed E-state index contributed by atoms with van der Waals surface area (Å²) in [5, 5.41) is 14.8. The third-order valence-electron chi connectivity index (χ3n) is 3.04. The van der Waals surface area contributed by atoms with Crippen LogP contribution in [0.4, 0.5) is 15.8 Å². The number of amides is 1. The van der Waals surface area contributed by atoms with Crippen molar-refractivity contribution in [2.75, 3.05) is 10.6 Å². The molecule has 0 aliphatic rings. The maximum Gasteiger partial charge on any atom is 0.267 e. The fourth-order valence-electron chi connectivity index (χ4n) is 1.75. The molecule has 2 aromatic rings. The van der Waals surface area contributed by atoms with Gasteiger partial charge in [0, 0.05) is 16.9 Å². The van der Waals surface area contributed by atoms with Crippen LogP contribution in [-0.2, 0) is 4.79 Å². The van der Waals surface area contributed by atoms with Crippen molar-refractivity contribution in [3.63, 3.8) is 0 Å². The molecule has 0 saturated carbocycles. The number of halogens is 2. The van der Waals surface area contributed by atoms with Crippen LogP contribution in [-0.4, -0.2) is 5.91 Å². The summed E-state index contributed by atoms with van der Waals surface area (Å²) in [5.74, 6) is -1.09. The van der Waals surface area contributed by atoms with Gasteiger partial charge >= 0.3 is 0 Å². The topological polar surface area (TPSA) is 64.9 Å². The molecule has 0 fully saturated rings. The number of rotatable bonds is 4. The Kier molecular flexibility index (Phi) is 5.34. The normalized spacial score (nSPS) is 10.8. The predicted molar refractivity (Wildman–Crippen MR) is 88.5 cm³/mol. The van der Waals surface area contributed by atoms with Gasteiger partial charge in [0.15, 0.2) is 0 Å². The summed E-state index contributed by atoms with van der Waals surface area (Å²) >= 11 is 5.98. The van der Waals surface area contributed by atoms with Crippen LogP contribution in [0.2, 0.25) is 5.02 Å². The number of carbonyl (C=O) groups is 1. The molecule has 0 saturated heterocycles. The van der Waals surface area contributed by atoms with E-state index in [1.165, 1.54) is 12.1 Å². The lowest BCUT2D eigenvalue weighted by Gasteiger charge is -2.07. The SMILES string of the molecule is Cc1ccc(NC(=O)/C(C#N)=C\Nc2ccccc2F)cc1Cl. The van der Waals surface area contributed by atoms with Crippen LogP contribution in [0.25, 0.3) is 0 Å². The number of hydrogen-bond acceptors (Lipinski definition) is 3. The fraction of sp³-hybridized carbons (Fsp3) is 0.0588. The van der Waals surface area contributed by atoms with Crippen LogP contribution >= 0.6 is 11.6 Å². The average molecular weight is 330 g/mol. The fourth-order valence-corrected chi connectivity index (χ4v) is 1.93. The minimum Gasteiger partial charge on any atom is -0.358 e. The van der Waals surface area contributed by atoms with Gasteiger partial charge in [-0.1, -0.05) is 29.8 Å². The second-order valence-corrected chi connectivity index (χ2v) is 5.12. The Hall–Kier alpha value is -2.84. The molecule has 0 aliphatic heterocycles. The lowest BCUT2D eigenvalue weighted by Crippen LogP contribution is -2.14. The van der Waals surface area contributed by atoms with E-state index in [0.717, 1.165) is 11.8 Å². The monoisotopic (exact) mass is 329 g/mol. The molecule has 116 valence electrons. The zero-order valence-electron chi connectivity index (χ0n) is 12.2. The van der Waals surface area contributed by atoms with Crippen molar-refractivity contribution < 1.29 is 9.18 Å². The number of carbonyl (C=O) groups excluding carboxylic acids is 1. The summed E-state index contributed by atoms with van der Waals surface area (Å²) in [7, 11) is 0. The highest BCUT2D eigenvalue weighted by Gasteiger charge is 2.10. The molecule has 0 unspecified atom stereocenters. The Balaban J connectivity index is 2.12. The molecular weight excluding hydrogens is 317 g/mol. The highest BCUT2D eigenvalue weighted by Crippen LogP contribution is 2.20. The minimum absolute atomic E-state index is 0.173. The molecule has 4 nitrogen and oxygen atoms in total. The van der Waals surface area contributed by atoms with E-state index in [4.69, 9.17) is 16.9 Å². The van der Waals surface area contributed by atoms with Crippen molar-refractivity contribution >= 4 is 28.9 Å². The molecule has 0 spiro atoms. The number of anilines is 2. The first-order valence-corrected chi connectivity index (χ1v) is 7.08. The molecule has 23 heavy (non-hydrogen) atoms. The minimum atomic E-state index is -0.615. The van der Waals surface area contributed by atoms with Gasteiger partial charge in [-0.3, -0.25) is 4.79 Å². The van der Waals surface area contributed by atoms with Gasteiger partial charge < -0.3 is 10.6 Å². The lowest BCUT2D eigenvalue weighted by molar-refractivity contribution is -0.112. The first-order chi connectivity index (χ1) is 11.0. The summed E-state index contributed by atoms with van der Waals surface area (Å²) in [4.78, 5) is 12.1. The molecule has 1 amide bonds. The summed E-state index contributed by atoms with van der Waals surface area (Å²) < 4.78 is 13.5. The number of benzene rings is 2. The van der Waals surface area contributed by atoms with Gasteiger partial charge in [-0.25, -0.2) is 4.39 Å². The summed E-state index contributed by atoms with van der Waals surface area (Å²) in [6.07, 6.45) is 1.16. The number of para-hydroxylation sites is 1. The smallest absolute Gasteiger partial charge is 0.267 e. The van der Waals surface area contributed by atoms with Gasteiger partial charge in [0.25, 0.3) is 5.91 Å². The second-order valence-electron chi connectivity index (χ2n) is 4.71. The van der Waals surface area contributed by atoms with Crippen LogP contribution in [0.15, 0.2) is 54.2 Å². The third kappa shape index (κ3) is 4.31. The Bertz CT molecular complexity index is 812. The first kappa shape index (κ1) is 16.5. The number of aryl methyl sites for hydroxylation is 1. The van der Waals surface area contributed by atoms with E-state index in [9.17, 15) is 9.18 Å². The van der Waals surface area contributed by atoms with Crippen LogP contribution in [0.3, 0.4) is 0 Å². The maximum atomic E-state index is 13.5. The van der Waals surface area contributed by atoms with Gasteiger partial charge in [-0.05, 0) is 36.8 Å². The van der Waals surface area contributed by atoms with Crippen molar-refractivity contribution in [3.8, 4) is 6.07 Å². The average Bonchev–Trinajstić information content (AvgIpc) is 2.53. The van der Waals surface area contributed by atoms with Crippen molar-refractivity contribution in [2.45, 2.75) is 6.92 Å². The molecule has 0 atom stereocenters. The van der Waals surface area contributed by atoms with Crippen LogP contribution in [0.5, 0.6) is 0 Å². The van der Waals surface area contributed by atoms with Gasteiger partial charge in [0.2, 0.25) is 0 Å². The number of hydrogen-bond donors (Lipinski definition) is 2. The standard InChI is InChI=1S/C17H13ClFN3O/c1-11-6-7-13(8-14(11)18)22-17(23)12(9-20)10-21-16-5-3-2-4-15(16)19/h2-8,10,21H,1H3,(H,22,23)/b12-10-. The molecule has 2 aromatic carbocycles. The predicted octanol–water partition coefficient (Wildman–Crippen LogP) is 4.25. The van der Waals surface area contributed by atoms with E-state index < -0.39 is 11.7 Å². The van der Waals surface area contributed by atoms with E-state index in [1.54, 1.807) is 36.4 Å². The Morgan fingerprint density at radius 2 is 2.04 bits per heavy atom. The van der Waals surface area contributed by atoms with Crippen molar-refractivity contribution in [2.24, 2.45) is 0 Å². The Morgan fingerprint density at radius 1 is 1.30 bits per heavy atom. The highest BCUT2D eigenvalue weighted by molar-refractivity contribution is 6.31. The first-order valence-electron chi connectivity index (χ1n) is 6.70. The Labute approximate surface area is 138 Å². The molecule has 0 aliphatic carbocycles. The zero-order valence-corrected chi connectivity index (χ0v) is 13.0. The largest absolute Gasteiger partial charge is 0.358 e. The van der Waals surface area contributed by atoms with E-state index in [2.05, 4.69) is 10.6 Å². The third-order valence-corrected chi connectivity index (χ3v) is 3.45. The van der Waals surface area contributed by atoms with E-state index in [1.807, 2.05) is 6.92 Å². The van der Waals surface area contributed by atoms with Crippen LogP contribution < -0.4 is 10.6 Å². The van der Waals surface area contributed by atoms with E-state index in [0.29, 0.717) is 10.7 Å². The summed E-state index contributed by atoms with van der Waals surface area (Å²) in [6.45, 7) is 1.84. The van der Waals surface area contributed by atoms with Crippen molar-refractivity contribution in [1.82, 2.24) is 0 Å². The summed E-state index contributed by atoms with van der Waals surface area (Å²) in [6, 6.07) is 12.8. The van der Waals surface area contributed by atoms with Crippen molar-refractivity contribution in [1.29, 1.82) is 5.26 Å². The number of nitrogens with zero attached hydrogens (tertiary/aromatic N) is 1. The van der Waals surface area contributed by atoms with Crippen molar-refractivity contribution in [3.05, 3.63) is 70.6 Å². The number of nitriles is 1. The number of nitrogens with one attached hydrogen (secondary N) is 2. The molecule has 0 aromatic heterocycles. The van der Waals surface area contributed by atoms with E-state index >= 15 is 0 Å². The highest BCUT2D eigenvalue weighted by atomic mass is 35.5. The van der Waals surface area contributed by atoms with Gasteiger partial charge in [0.05, 0.1) is 5.69 Å². The van der Waals surface area contributed by atoms with Gasteiger partial charge in [-0.15, -0.1) is 0 Å². The molecule has 0 radical (unpaired) electrons. The maximum absolute atomic E-state index is 13.5. The molecule has 2 N–H and O–H groups in total. The second kappa shape index (κ2) is 7.43. The van der Waals surface area contributed by atoms with Crippen LogP contribution in [0, 0.1) is 24.1 Å². The molecular formula is C17H13ClFN3O. The molecule has 0 bridgehead atoms. The zero-order chi connectivity index (χ0) is 16.8. The molecule has 6 heteroatoms. The van der Waals surface area contributed by atoms with E-state index in [-0.39, 0.29) is 11.3 Å². The van der Waals surface area contributed by atoms with Gasteiger partial charge in [0.1, 0.15) is 17.5 Å². The summed E-state index contributed by atoms with van der Waals surface area (Å²) in [5.41, 5.74) is 1.33.